The number of ether oxygens (including phenoxy) is 1. The fourth-order valence-corrected chi connectivity index (χ4v) is 2.36. The van der Waals surface area contributed by atoms with Gasteiger partial charge < -0.3 is 10.1 Å². The number of methoxy groups -OCH3 is 1. The first-order valence-corrected chi connectivity index (χ1v) is 7.18. The number of hydrogen-bond donors (Lipinski definition) is 1. The molecule has 0 radical (unpaired) electrons. The molecule has 0 saturated carbocycles. The van der Waals surface area contributed by atoms with Crippen molar-refractivity contribution in [3.05, 3.63) is 33.8 Å². The summed E-state index contributed by atoms with van der Waals surface area (Å²) in [5.41, 5.74) is 1.83. The molecule has 1 rings (SSSR count). The molecule has 19 heavy (non-hydrogen) atoms. The third kappa shape index (κ3) is 5.33. The van der Waals surface area contributed by atoms with Crippen molar-refractivity contribution in [1.82, 2.24) is 5.32 Å². The molecule has 0 aliphatic carbocycles. The van der Waals surface area contributed by atoms with Gasteiger partial charge in [0.15, 0.2) is 0 Å². The summed E-state index contributed by atoms with van der Waals surface area (Å²) < 4.78 is 5.91. The summed E-state index contributed by atoms with van der Waals surface area (Å²) in [6.07, 6.45) is 0.916. The first-order chi connectivity index (χ1) is 8.85. The zero-order valence-corrected chi connectivity index (χ0v) is 13.6. The standard InChI is InChI=1S/C15H22BrNO2/c1-11-5-6-12(13(16)9-11)14(18)17-10-15(2,3)7-8-19-4/h5-6,9H,7-8,10H2,1-4H3,(H,17,18). The van der Waals surface area contributed by atoms with Gasteiger partial charge in [0, 0.05) is 24.7 Å². The van der Waals surface area contributed by atoms with E-state index in [0.29, 0.717) is 18.7 Å². The van der Waals surface area contributed by atoms with Crippen LogP contribution in [0.25, 0.3) is 0 Å². The van der Waals surface area contributed by atoms with Crippen LogP contribution in [0.5, 0.6) is 0 Å². The highest BCUT2D eigenvalue weighted by Gasteiger charge is 2.19. The van der Waals surface area contributed by atoms with Gasteiger partial charge in [-0.05, 0) is 52.4 Å². The number of benzene rings is 1. The smallest absolute Gasteiger partial charge is 0.252 e. The van der Waals surface area contributed by atoms with E-state index in [0.717, 1.165) is 16.5 Å². The van der Waals surface area contributed by atoms with Gasteiger partial charge in [0.2, 0.25) is 0 Å². The van der Waals surface area contributed by atoms with Crippen LogP contribution in [-0.2, 0) is 4.74 Å². The molecule has 0 unspecified atom stereocenters. The van der Waals surface area contributed by atoms with Crippen molar-refractivity contribution in [2.45, 2.75) is 27.2 Å². The summed E-state index contributed by atoms with van der Waals surface area (Å²) in [5.74, 6) is -0.0441. The summed E-state index contributed by atoms with van der Waals surface area (Å²) in [4.78, 5) is 12.1. The Kier molecular flexibility index (Phi) is 6.01. The van der Waals surface area contributed by atoms with Crippen LogP contribution in [0.4, 0.5) is 0 Å². The lowest BCUT2D eigenvalue weighted by molar-refractivity contribution is 0.0920. The van der Waals surface area contributed by atoms with Gasteiger partial charge in [0.1, 0.15) is 0 Å². The molecule has 0 aromatic heterocycles. The Morgan fingerprint density at radius 1 is 1.42 bits per heavy atom. The van der Waals surface area contributed by atoms with Crippen LogP contribution in [-0.4, -0.2) is 26.2 Å². The molecule has 3 nitrogen and oxygen atoms in total. The van der Waals surface area contributed by atoms with E-state index in [4.69, 9.17) is 4.74 Å². The van der Waals surface area contributed by atoms with E-state index in [2.05, 4.69) is 35.1 Å². The molecule has 106 valence electrons. The lowest BCUT2D eigenvalue weighted by atomic mass is 9.89. The minimum Gasteiger partial charge on any atom is -0.385 e. The Hall–Kier alpha value is -0.870. The molecular weight excluding hydrogens is 306 g/mol. The topological polar surface area (TPSA) is 38.3 Å². The summed E-state index contributed by atoms with van der Waals surface area (Å²) in [6, 6.07) is 5.73. The number of amides is 1. The van der Waals surface area contributed by atoms with Crippen LogP contribution in [0.15, 0.2) is 22.7 Å². The van der Waals surface area contributed by atoms with Crippen molar-refractivity contribution < 1.29 is 9.53 Å². The van der Waals surface area contributed by atoms with E-state index >= 15 is 0 Å². The molecule has 1 amide bonds. The van der Waals surface area contributed by atoms with E-state index in [1.54, 1.807) is 7.11 Å². The third-order valence-corrected chi connectivity index (χ3v) is 3.74. The second-order valence-corrected chi connectivity index (χ2v) is 6.43. The summed E-state index contributed by atoms with van der Waals surface area (Å²) >= 11 is 3.43. The molecule has 0 spiro atoms. The van der Waals surface area contributed by atoms with Crippen molar-refractivity contribution in [3.8, 4) is 0 Å². The van der Waals surface area contributed by atoms with Gasteiger partial charge in [-0.1, -0.05) is 19.9 Å². The van der Waals surface area contributed by atoms with E-state index in [-0.39, 0.29) is 11.3 Å². The van der Waals surface area contributed by atoms with Gasteiger partial charge in [0.25, 0.3) is 5.91 Å². The molecule has 0 saturated heterocycles. The van der Waals surface area contributed by atoms with Gasteiger partial charge >= 0.3 is 0 Å². The van der Waals surface area contributed by atoms with Crippen molar-refractivity contribution in [2.24, 2.45) is 5.41 Å². The minimum absolute atomic E-state index is 0.0306. The summed E-state index contributed by atoms with van der Waals surface area (Å²) in [5, 5.41) is 2.98. The number of halogens is 1. The fourth-order valence-electron chi connectivity index (χ4n) is 1.69. The quantitative estimate of drug-likeness (QED) is 0.867. The molecule has 1 aromatic rings. The average molecular weight is 328 g/mol. The Morgan fingerprint density at radius 2 is 2.11 bits per heavy atom. The number of rotatable bonds is 6. The normalized spacial score (nSPS) is 11.4. The van der Waals surface area contributed by atoms with Crippen LogP contribution >= 0.6 is 15.9 Å². The van der Waals surface area contributed by atoms with Crippen LogP contribution in [0, 0.1) is 12.3 Å². The predicted octanol–water partition coefficient (Wildman–Crippen LogP) is 3.55. The fraction of sp³-hybridized carbons (Fsp3) is 0.533. The highest BCUT2D eigenvalue weighted by molar-refractivity contribution is 9.10. The number of aryl methyl sites for hydroxylation is 1. The summed E-state index contributed by atoms with van der Waals surface area (Å²) in [7, 11) is 1.69. The van der Waals surface area contributed by atoms with Crippen molar-refractivity contribution in [1.29, 1.82) is 0 Å². The molecule has 0 fully saturated rings. The molecule has 0 heterocycles. The first kappa shape index (κ1) is 16.2. The molecule has 0 aliphatic rings. The SMILES string of the molecule is COCCC(C)(C)CNC(=O)c1ccc(C)cc1Br. The lowest BCUT2D eigenvalue weighted by Gasteiger charge is -2.24. The Balaban J connectivity index is 2.60. The molecular formula is C15H22BrNO2. The summed E-state index contributed by atoms with van der Waals surface area (Å²) in [6.45, 7) is 7.58. The molecule has 1 N–H and O–H groups in total. The van der Waals surface area contributed by atoms with E-state index in [1.165, 1.54) is 0 Å². The number of carbonyl (C=O) groups excluding carboxylic acids is 1. The van der Waals surface area contributed by atoms with Crippen LogP contribution in [0.1, 0.15) is 36.2 Å². The predicted molar refractivity (Wildman–Crippen MR) is 81.5 cm³/mol. The van der Waals surface area contributed by atoms with E-state index in [9.17, 15) is 4.79 Å². The highest BCUT2D eigenvalue weighted by atomic mass is 79.9. The zero-order valence-electron chi connectivity index (χ0n) is 12.0. The molecule has 0 bridgehead atoms. The van der Waals surface area contributed by atoms with E-state index in [1.807, 2.05) is 25.1 Å². The number of nitrogens with one attached hydrogen (secondary N) is 1. The van der Waals surface area contributed by atoms with Gasteiger partial charge in [-0.2, -0.15) is 0 Å². The molecule has 0 atom stereocenters. The van der Waals surface area contributed by atoms with Crippen LogP contribution in [0.3, 0.4) is 0 Å². The van der Waals surface area contributed by atoms with Gasteiger partial charge in [0.05, 0.1) is 5.56 Å². The maximum absolute atomic E-state index is 12.1. The van der Waals surface area contributed by atoms with Gasteiger partial charge in [-0.25, -0.2) is 0 Å². The largest absolute Gasteiger partial charge is 0.385 e. The Bertz CT molecular complexity index is 444. The molecule has 0 aliphatic heterocycles. The maximum Gasteiger partial charge on any atom is 0.252 e. The zero-order chi connectivity index (χ0) is 14.5. The number of carbonyl (C=O) groups is 1. The lowest BCUT2D eigenvalue weighted by Crippen LogP contribution is -2.34. The third-order valence-electron chi connectivity index (χ3n) is 3.08. The number of hydrogen-bond acceptors (Lipinski definition) is 2. The Labute approximate surface area is 123 Å². The molecule has 1 aromatic carbocycles. The average Bonchev–Trinajstić information content (AvgIpc) is 2.34. The van der Waals surface area contributed by atoms with Crippen molar-refractivity contribution >= 4 is 21.8 Å². The second-order valence-electron chi connectivity index (χ2n) is 5.57. The monoisotopic (exact) mass is 327 g/mol. The second kappa shape index (κ2) is 7.06. The van der Waals surface area contributed by atoms with Crippen LogP contribution in [0.2, 0.25) is 0 Å². The van der Waals surface area contributed by atoms with Gasteiger partial charge in [-0.15, -0.1) is 0 Å². The maximum atomic E-state index is 12.1. The van der Waals surface area contributed by atoms with Crippen molar-refractivity contribution in [2.75, 3.05) is 20.3 Å². The van der Waals surface area contributed by atoms with E-state index < -0.39 is 0 Å². The van der Waals surface area contributed by atoms with Crippen molar-refractivity contribution in [3.63, 3.8) is 0 Å². The first-order valence-electron chi connectivity index (χ1n) is 6.39. The highest BCUT2D eigenvalue weighted by Crippen LogP contribution is 2.21. The minimum atomic E-state index is -0.0441. The Morgan fingerprint density at radius 3 is 2.68 bits per heavy atom. The van der Waals surface area contributed by atoms with Gasteiger partial charge in [-0.3, -0.25) is 4.79 Å². The molecule has 4 heteroatoms. The van der Waals surface area contributed by atoms with Crippen LogP contribution < -0.4 is 5.32 Å².